The Labute approximate surface area is 66.7 Å². The average molecular weight is 159 g/mol. The molecule has 0 saturated heterocycles. The van der Waals surface area contributed by atoms with Gasteiger partial charge in [0.05, 0.1) is 17.7 Å². The summed E-state index contributed by atoms with van der Waals surface area (Å²) < 4.78 is 5.40. The third-order valence-electron chi connectivity index (χ3n) is 1.76. The van der Waals surface area contributed by atoms with Gasteiger partial charge in [-0.3, -0.25) is 0 Å². The highest BCUT2D eigenvalue weighted by molar-refractivity contribution is 7.80. The van der Waals surface area contributed by atoms with Gasteiger partial charge in [0.15, 0.2) is 0 Å². The first kappa shape index (κ1) is 7.95. The summed E-state index contributed by atoms with van der Waals surface area (Å²) in [7, 11) is 0. The lowest BCUT2D eigenvalue weighted by Crippen LogP contribution is -2.20. The minimum atomic E-state index is 0.432. The highest BCUT2D eigenvalue weighted by Gasteiger charge is 2.14. The number of nitrogens with two attached hydrogens (primary N) is 1. The van der Waals surface area contributed by atoms with Crippen LogP contribution in [-0.2, 0) is 4.74 Å². The molecule has 3 heteroatoms. The minimum Gasteiger partial charge on any atom is -0.391 e. The van der Waals surface area contributed by atoms with E-state index in [-0.39, 0.29) is 0 Å². The summed E-state index contributed by atoms with van der Waals surface area (Å²) in [6.45, 7) is 0.458. The third kappa shape index (κ3) is 2.62. The largest absolute Gasteiger partial charge is 0.391 e. The Morgan fingerprint density at radius 2 is 2.10 bits per heavy atom. The number of hydrogen-bond acceptors (Lipinski definition) is 2. The van der Waals surface area contributed by atoms with E-state index in [1.165, 1.54) is 25.7 Å². The fourth-order valence-corrected chi connectivity index (χ4v) is 1.32. The van der Waals surface area contributed by atoms with Crippen LogP contribution < -0.4 is 5.73 Å². The second-order valence-electron chi connectivity index (χ2n) is 2.68. The molecule has 1 rings (SSSR count). The standard InChI is InChI=1S/C7H13NOS/c8-7(10)5-9-6-3-1-2-4-6/h6H,1-5H2,(H2,8,10). The lowest BCUT2D eigenvalue weighted by Gasteiger charge is -2.08. The van der Waals surface area contributed by atoms with Crippen molar-refractivity contribution in [2.24, 2.45) is 5.73 Å². The van der Waals surface area contributed by atoms with Gasteiger partial charge >= 0.3 is 0 Å². The van der Waals surface area contributed by atoms with Gasteiger partial charge in [-0.05, 0) is 12.8 Å². The van der Waals surface area contributed by atoms with Crippen LogP contribution in [0, 0.1) is 0 Å². The van der Waals surface area contributed by atoms with Crippen molar-refractivity contribution in [1.82, 2.24) is 0 Å². The molecule has 0 bridgehead atoms. The summed E-state index contributed by atoms with van der Waals surface area (Å²) in [5.41, 5.74) is 5.28. The molecule has 0 aliphatic heterocycles. The van der Waals surface area contributed by atoms with Crippen molar-refractivity contribution >= 4 is 17.2 Å². The molecule has 0 amide bonds. The third-order valence-corrected chi connectivity index (χ3v) is 1.88. The molecule has 0 aromatic carbocycles. The molecule has 0 aromatic heterocycles. The van der Waals surface area contributed by atoms with Crippen LogP contribution in [0.3, 0.4) is 0 Å². The van der Waals surface area contributed by atoms with E-state index in [2.05, 4.69) is 12.2 Å². The van der Waals surface area contributed by atoms with Crippen molar-refractivity contribution in [3.63, 3.8) is 0 Å². The first-order valence-corrected chi connectivity index (χ1v) is 4.10. The lowest BCUT2D eigenvalue weighted by atomic mass is 10.3. The molecule has 0 heterocycles. The minimum absolute atomic E-state index is 0.432. The first-order valence-electron chi connectivity index (χ1n) is 3.69. The van der Waals surface area contributed by atoms with Crippen LogP contribution in [0.15, 0.2) is 0 Å². The average Bonchev–Trinajstić information content (AvgIpc) is 2.34. The summed E-state index contributed by atoms with van der Waals surface area (Å²) >= 11 is 4.68. The molecule has 58 valence electrons. The van der Waals surface area contributed by atoms with E-state index in [4.69, 9.17) is 10.5 Å². The summed E-state index contributed by atoms with van der Waals surface area (Å²) in [4.78, 5) is 0.465. The molecule has 0 aromatic rings. The highest BCUT2D eigenvalue weighted by atomic mass is 32.1. The molecule has 1 fully saturated rings. The molecular weight excluding hydrogens is 146 g/mol. The monoisotopic (exact) mass is 159 g/mol. The van der Waals surface area contributed by atoms with Crippen molar-refractivity contribution in [1.29, 1.82) is 0 Å². The SMILES string of the molecule is NC(=S)COC1CCCC1. The maximum atomic E-state index is 5.40. The van der Waals surface area contributed by atoms with Crippen LogP contribution in [0.4, 0.5) is 0 Å². The van der Waals surface area contributed by atoms with E-state index in [0.29, 0.717) is 17.7 Å². The second kappa shape index (κ2) is 3.88. The zero-order chi connectivity index (χ0) is 7.40. The van der Waals surface area contributed by atoms with E-state index >= 15 is 0 Å². The van der Waals surface area contributed by atoms with Gasteiger partial charge in [0.1, 0.15) is 0 Å². The van der Waals surface area contributed by atoms with Crippen LogP contribution in [0.1, 0.15) is 25.7 Å². The Kier molecular flexibility index (Phi) is 3.09. The van der Waals surface area contributed by atoms with Crippen molar-refractivity contribution < 1.29 is 4.74 Å². The zero-order valence-electron chi connectivity index (χ0n) is 6.01. The van der Waals surface area contributed by atoms with Gasteiger partial charge in [-0.1, -0.05) is 25.1 Å². The fraction of sp³-hybridized carbons (Fsp3) is 0.857. The van der Waals surface area contributed by atoms with Gasteiger partial charge in [-0.15, -0.1) is 0 Å². The van der Waals surface area contributed by atoms with Crippen LogP contribution in [0.2, 0.25) is 0 Å². The van der Waals surface area contributed by atoms with Gasteiger partial charge in [-0.25, -0.2) is 0 Å². The van der Waals surface area contributed by atoms with E-state index in [0.717, 1.165) is 0 Å². The Morgan fingerprint density at radius 3 is 2.60 bits per heavy atom. The summed E-state index contributed by atoms with van der Waals surface area (Å²) in [6.07, 6.45) is 5.39. The Bertz CT molecular complexity index is 121. The normalized spacial score (nSPS) is 19.6. The molecule has 0 unspecified atom stereocenters. The Hall–Kier alpha value is -0.150. The fourth-order valence-electron chi connectivity index (χ4n) is 1.26. The predicted molar refractivity (Wildman–Crippen MR) is 45.0 cm³/mol. The maximum absolute atomic E-state index is 5.40. The lowest BCUT2D eigenvalue weighted by molar-refractivity contribution is 0.0880. The first-order chi connectivity index (χ1) is 4.79. The van der Waals surface area contributed by atoms with Crippen molar-refractivity contribution in [3.05, 3.63) is 0 Å². The molecule has 10 heavy (non-hydrogen) atoms. The molecule has 2 nitrogen and oxygen atoms in total. The molecular formula is C7H13NOS. The molecule has 1 aliphatic carbocycles. The zero-order valence-corrected chi connectivity index (χ0v) is 6.82. The molecule has 0 atom stereocenters. The molecule has 1 saturated carbocycles. The summed E-state index contributed by atoms with van der Waals surface area (Å²) in [5.74, 6) is 0. The molecule has 2 N–H and O–H groups in total. The van der Waals surface area contributed by atoms with Crippen LogP contribution >= 0.6 is 12.2 Å². The van der Waals surface area contributed by atoms with E-state index in [9.17, 15) is 0 Å². The Morgan fingerprint density at radius 1 is 1.50 bits per heavy atom. The van der Waals surface area contributed by atoms with E-state index in [1.807, 2.05) is 0 Å². The van der Waals surface area contributed by atoms with Gasteiger partial charge < -0.3 is 10.5 Å². The number of hydrogen-bond donors (Lipinski definition) is 1. The molecule has 1 aliphatic rings. The molecule has 0 radical (unpaired) electrons. The van der Waals surface area contributed by atoms with Gasteiger partial charge in [-0.2, -0.15) is 0 Å². The van der Waals surface area contributed by atoms with Gasteiger partial charge in [0.2, 0.25) is 0 Å². The number of thiocarbonyl (C=S) groups is 1. The quantitative estimate of drug-likeness (QED) is 0.629. The molecule has 0 spiro atoms. The highest BCUT2D eigenvalue weighted by Crippen LogP contribution is 2.20. The smallest absolute Gasteiger partial charge is 0.0989 e. The second-order valence-corrected chi connectivity index (χ2v) is 3.21. The van der Waals surface area contributed by atoms with Gasteiger partial charge in [0.25, 0.3) is 0 Å². The number of ether oxygens (including phenoxy) is 1. The summed E-state index contributed by atoms with van der Waals surface area (Å²) in [5, 5.41) is 0. The number of rotatable bonds is 3. The van der Waals surface area contributed by atoms with Gasteiger partial charge in [0, 0.05) is 0 Å². The van der Waals surface area contributed by atoms with Crippen molar-refractivity contribution in [2.75, 3.05) is 6.61 Å². The summed E-state index contributed by atoms with van der Waals surface area (Å²) in [6, 6.07) is 0. The van der Waals surface area contributed by atoms with Crippen molar-refractivity contribution in [2.45, 2.75) is 31.8 Å². The van der Waals surface area contributed by atoms with Crippen LogP contribution in [-0.4, -0.2) is 17.7 Å². The van der Waals surface area contributed by atoms with Crippen molar-refractivity contribution in [3.8, 4) is 0 Å². The van der Waals surface area contributed by atoms with Crippen LogP contribution in [0.5, 0.6) is 0 Å². The predicted octanol–water partition coefficient (Wildman–Crippen LogP) is 1.23. The van der Waals surface area contributed by atoms with Crippen LogP contribution in [0.25, 0.3) is 0 Å². The van der Waals surface area contributed by atoms with E-state index < -0.39 is 0 Å². The Balaban J connectivity index is 2.07. The topological polar surface area (TPSA) is 35.2 Å². The van der Waals surface area contributed by atoms with E-state index in [1.54, 1.807) is 0 Å². The maximum Gasteiger partial charge on any atom is 0.0989 e.